The smallest absolute Gasteiger partial charge is 0.147 e. The van der Waals surface area contributed by atoms with Gasteiger partial charge < -0.3 is 10.2 Å². The van der Waals surface area contributed by atoms with E-state index in [0.29, 0.717) is 12.1 Å². The van der Waals surface area contributed by atoms with Crippen LogP contribution in [-0.4, -0.2) is 53.6 Å². The lowest BCUT2D eigenvalue weighted by atomic mass is 10.1. The first-order valence-corrected chi connectivity index (χ1v) is 7.60. The van der Waals surface area contributed by atoms with Crippen molar-refractivity contribution >= 4 is 5.82 Å². The van der Waals surface area contributed by atoms with Gasteiger partial charge in [-0.15, -0.1) is 0 Å². The molecule has 0 saturated carbocycles. The molecule has 1 N–H and O–H groups in total. The minimum atomic E-state index is 0.548. The van der Waals surface area contributed by atoms with Gasteiger partial charge in [0, 0.05) is 31.7 Å². The zero-order chi connectivity index (χ0) is 14.5. The first kappa shape index (κ1) is 15.2. The van der Waals surface area contributed by atoms with E-state index < -0.39 is 0 Å². The van der Waals surface area contributed by atoms with Crippen LogP contribution < -0.4 is 10.2 Å². The molecule has 1 aromatic heterocycles. The van der Waals surface area contributed by atoms with E-state index in [2.05, 4.69) is 52.9 Å². The maximum atomic E-state index is 4.58. The SMILES string of the molecule is CCCNCc1cnc(N2CC(C)N(C)C(C)C2)cn1. The molecule has 1 fully saturated rings. The zero-order valence-electron chi connectivity index (χ0n) is 13.1. The maximum Gasteiger partial charge on any atom is 0.147 e. The number of nitrogens with zero attached hydrogens (tertiary/aromatic N) is 4. The summed E-state index contributed by atoms with van der Waals surface area (Å²) in [7, 11) is 2.20. The highest BCUT2D eigenvalue weighted by Gasteiger charge is 2.27. The van der Waals surface area contributed by atoms with Gasteiger partial charge in [0.2, 0.25) is 0 Å². The van der Waals surface area contributed by atoms with Gasteiger partial charge in [-0.2, -0.15) is 0 Å². The van der Waals surface area contributed by atoms with Crippen molar-refractivity contribution < 1.29 is 0 Å². The van der Waals surface area contributed by atoms with E-state index in [9.17, 15) is 0 Å². The Morgan fingerprint density at radius 3 is 2.45 bits per heavy atom. The summed E-state index contributed by atoms with van der Waals surface area (Å²) < 4.78 is 0. The molecule has 1 aromatic rings. The van der Waals surface area contributed by atoms with Gasteiger partial charge in [-0.3, -0.25) is 9.88 Å². The Balaban J connectivity index is 1.96. The van der Waals surface area contributed by atoms with E-state index in [0.717, 1.165) is 44.1 Å². The number of hydrogen-bond acceptors (Lipinski definition) is 5. The molecule has 0 bridgehead atoms. The highest BCUT2D eigenvalue weighted by molar-refractivity contribution is 5.37. The van der Waals surface area contributed by atoms with Crippen molar-refractivity contribution in [3.8, 4) is 0 Å². The molecule has 0 aromatic carbocycles. The lowest BCUT2D eigenvalue weighted by Crippen LogP contribution is -2.55. The molecular weight excluding hydrogens is 250 g/mol. The normalized spacial score (nSPS) is 24.1. The summed E-state index contributed by atoms with van der Waals surface area (Å²) in [5.74, 6) is 0.996. The summed E-state index contributed by atoms with van der Waals surface area (Å²) in [6.07, 6.45) is 4.95. The summed E-state index contributed by atoms with van der Waals surface area (Å²) in [4.78, 5) is 13.9. The topological polar surface area (TPSA) is 44.3 Å². The van der Waals surface area contributed by atoms with Crippen molar-refractivity contribution in [2.75, 3.05) is 31.6 Å². The molecule has 20 heavy (non-hydrogen) atoms. The summed E-state index contributed by atoms with van der Waals surface area (Å²) in [6, 6.07) is 1.10. The largest absolute Gasteiger partial charge is 0.352 e. The van der Waals surface area contributed by atoms with Crippen molar-refractivity contribution in [1.82, 2.24) is 20.2 Å². The van der Waals surface area contributed by atoms with E-state index in [-0.39, 0.29) is 0 Å². The van der Waals surface area contributed by atoms with Crippen LogP contribution >= 0.6 is 0 Å². The monoisotopic (exact) mass is 277 g/mol. The minimum Gasteiger partial charge on any atom is -0.352 e. The lowest BCUT2D eigenvalue weighted by Gasteiger charge is -2.42. The van der Waals surface area contributed by atoms with E-state index in [1.165, 1.54) is 0 Å². The van der Waals surface area contributed by atoms with Gasteiger partial charge in [0.05, 0.1) is 18.1 Å². The number of piperazine rings is 1. The molecular formula is C15H27N5. The molecule has 5 heteroatoms. The third-order valence-corrected chi connectivity index (χ3v) is 4.11. The summed E-state index contributed by atoms with van der Waals surface area (Å²) >= 11 is 0. The van der Waals surface area contributed by atoms with Crippen LogP contribution in [0, 0.1) is 0 Å². The molecule has 0 spiro atoms. The number of hydrogen-bond donors (Lipinski definition) is 1. The molecule has 5 nitrogen and oxygen atoms in total. The van der Waals surface area contributed by atoms with Crippen molar-refractivity contribution in [3.05, 3.63) is 18.1 Å². The standard InChI is InChI=1S/C15H27N5/c1-5-6-16-7-14-8-18-15(9-17-14)20-10-12(2)19(4)13(3)11-20/h8-9,12-13,16H,5-7,10-11H2,1-4H3. The number of aromatic nitrogens is 2. The molecule has 2 atom stereocenters. The average Bonchev–Trinajstić information content (AvgIpc) is 2.45. The molecule has 2 heterocycles. The highest BCUT2D eigenvalue weighted by Crippen LogP contribution is 2.18. The molecule has 2 unspecified atom stereocenters. The Labute approximate surface area is 122 Å². The molecule has 0 radical (unpaired) electrons. The second-order valence-electron chi connectivity index (χ2n) is 5.81. The van der Waals surface area contributed by atoms with Crippen molar-refractivity contribution in [3.63, 3.8) is 0 Å². The second-order valence-corrected chi connectivity index (χ2v) is 5.81. The van der Waals surface area contributed by atoms with Crippen LogP contribution in [-0.2, 0) is 6.54 Å². The molecule has 1 aliphatic heterocycles. The fraction of sp³-hybridized carbons (Fsp3) is 0.733. The van der Waals surface area contributed by atoms with Crippen molar-refractivity contribution in [2.45, 2.75) is 45.8 Å². The van der Waals surface area contributed by atoms with Crippen LogP contribution in [0.25, 0.3) is 0 Å². The van der Waals surface area contributed by atoms with Gasteiger partial charge >= 0.3 is 0 Å². The fourth-order valence-electron chi connectivity index (χ4n) is 2.59. The van der Waals surface area contributed by atoms with Crippen LogP contribution in [0.1, 0.15) is 32.9 Å². The summed E-state index contributed by atoms with van der Waals surface area (Å²) in [5, 5.41) is 3.35. The molecule has 1 aliphatic rings. The second kappa shape index (κ2) is 6.99. The van der Waals surface area contributed by atoms with Gasteiger partial charge in [-0.05, 0) is 33.9 Å². The molecule has 1 saturated heterocycles. The predicted molar refractivity (Wildman–Crippen MR) is 82.9 cm³/mol. The molecule has 112 valence electrons. The van der Waals surface area contributed by atoms with Gasteiger partial charge in [-0.1, -0.05) is 6.92 Å². The zero-order valence-corrected chi connectivity index (χ0v) is 13.1. The van der Waals surface area contributed by atoms with E-state index in [1.54, 1.807) is 0 Å². The number of nitrogens with one attached hydrogen (secondary N) is 1. The third-order valence-electron chi connectivity index (χ3n) is 4.11. The van der Waals surface area contributed by atoms with E-state index in [1.807, 2.05) is 12.4 Å². The number of likely N-dealkylation sites (N-methyl/N-ethyl adjacent to an activating group) is 1. The van der Waals surface area contributed by atoms with Gasteiger partial charge in [0.25, 0.3) is 0 Å². The van der Waals surface area contributed by atoms with Crippen LogP contribution in [0.2, 0.25) is 0 Å². The number of anilines is 1. The fourth-order valence-corrected chi connectivity index (χ4v) is 2.59. The third kappa shape index (κ3) is 3.67. The van der Waals surface area contributed by atoms with Crippen molar-refractivity contribution in [2.24, 2.45) is 0 Å². The molecule has 0 amide bonds. The number of rotatable bonds is 5. The maximum absolute atomic E-state index is 4.58. The Morgan fingerprint density at radius 1 is 1.20 bits per heavy atom. The first-order chi connectivity index (χ1) is 9.61. The average molecular weight is 277 g/mol. The predicted octanol–water partition coefficient (Wildman–Crippen LogP) is 1.50. The van der Waals surface area contributed by atoms with Crippen molar-refractivity contribution in [1.29, 1.82) is 0 Å². The lowest BCUT2D eigenvalue weighted by molar-refractivity contribution is 0.169. The Bertz CT molecular complexity index is 393. The molecule has 0 aliphatic carbocycles. The summed E-state index contributed by atoms with van der Waals surface area (Å²) in [6.45, 7) is 10.6. The van der Waals surface area contributed by atoms with Gasteiger partial charge in [0.15, 0.2) is 0 Å². The highest BCUT2D eigenvalue weighted by atomic mass is 15.3. The van der Waals surface area contributed by atoms with Crippen LogP contribution in [0.5, 0.6) is 0 Å². The van der Waals surface area contributed by atoms with Gasteiger partial charge in [-0.25, -0.2) is 4.98 Å². The molecule has 2 rings (SSSR count). The van der Waals surface area contributed by atoms with Crippen LogP contribution in [0.3, 0.4) is 0 Å². The first-order valence-electron chi connectivity index (χ1n) is 7.60. The van der Waals surface area contributed by atoms with Gasteiger partial charge in [0.1, 0.15) is 5.82 Å². The summed E-state index contributed by atoms with van der Waals surface area (Å²) in [5.41, 5.74) is 1.01. The quantitative estimate of drug-likeness (QED) is 0.827. The van der Waals surface area contributed by atoms with E-state index in [4.69, 9.17) is 0 Å². The van der Waals surface area contributed by atoms with Crippen LogP contribution in [0.15, 0.2) is 12.4 Å². The van der Waals surface area contributed by atoms with Crippen LogP contribution in [0.4, 0.5) is 5.82 Å². The Hall–Kier alpha value is -1.20. The Kier molecular flexibility index (Phi) is 5.31. The Morgan fingerprint density at radius 2 is 1.90 bits per heavy atom. The van der Waals surface area contributed by atoms with E-state index >= 15 is 0 Å². The minimum absolute atomic E-state index is 0.548.